The Morgan fingerprint density at radius 2 is 1.80 bits per heavy atom. The van der Waals surface area contributed by atoms with Crippen LogP contribution in [0.4, 0.5) is 0 Å². The molecule has 0 bridgehead atoms. The predicted molar refractivity (Wildman–Crippen MR) is 58.3 cm³/mol. The molecular weight excluding hydrogens is 218 g/mol. The largest absolute Gasteiger partial charge is 0.480 e. The van der Waals surface area contributed by atoms with Crippen LogP contribution < -0.4 is 5.73 Å². The standard InChI is InChI=1S/C9H19NO4S/c1-6(2)7(3)15(13,14)8(4-5-10)9(11)12/h6-8H,4-5,10H2,1-3H3,(H,11,12). The van der Waals surface area contributed by atoms with E-state index >= 15 is 0 Å². The Morgan fingerprint density at radius 1 is 1.33 bits per heavy atom. The first-order valence-corrected chi connectivity index (χ1v) is 6.51. The molecule has 0 heterocycles. The highest BCUT2D eigenvalue weighted by atomic mass is 32.2. The van der Waals surface area contributed by atoms with Gasteiger partial charge in [-0.15, -0.1) is 0 Å². The van der Waals surface area contributed by atoms with Crippen LogP contribution in [0, 0.1) is 5.92 Å². The van der Waals surface area contributed by atoms with Gasteiger partial charge in [-0.2, -0.15) is 0 Å². The molecule has 0 aromatic rings. The zero-order chi connectivity index (χ0) is 12.2. The summed E-state index contributed by atoms with van der Waals surface area (Å²) in [5, 5.41) is 6.80. The molecule has 0 rings (SSSR count). The van der Waals surface area contributed by atoms with Gasteiger partial charge in [-0.25, -0.2) is 8.42 Å². The lowest BCUT2D eigenvalue weighted by molar-refractivity contribution is -0.136. The van der Waals surface area contributed by atoms with Gasteiger partial charge >= 0.3 is 5.97 Å². The van der Waals surface area contributed by atoms with E-state index in [1.807, 2.05) is 0 Å². The number of rotatable bonds is 6. The summed E-state index contributed by atoms with van der Waals surface area (Å²) in [6.45, 7) is 5.10. The van der Waals surface area contributed by atoms with Gasteiger partial charge in [-0.1, -0.05) is 13.8 Å². The Hall–Kier alpha value is -0.620. The van der Waals surface area contributed by atoms with Crippen molar-refractivity contribution in [1.29, 1.82) is 0 Å². The first-order valence-electron chi connectivity index (χ1n) is 4.90. The molecule has 0 aliphatic carbocycles. The van der Waals surface area contributed by atoms with Crippen molar-refractivity contribution in [2.45, 2.75) is 37.7 Å². The summed E-state index contributed by atoms with van der Waals surface area (Å²) < 4.78 is 23.7. The van der Waals surface area contributed by atoms with Crippen LogP contribution in [-0.2, 0) is 14.6 Å². The van der Waals surface area contributed by atoms with E-state index in [-0.39, 0.29) is 18.9 Å². The van der Waals surface area contributed by atoms with Crippen molar-refractivity contribution in [3.63, 3.8) is 0 Å². The molecule has 0 saturated heterocycles. The lowest BCUT2D eigenvalue weighted by Gasteiger charge is -2.21. The summed E-state index contributed by atoms with van der Waals surface area (Å²) >= 11 is 0. The Balaban J connectivity index is 5.04. The molecule has 0 radical (unpaired) electrons. The summed E-state index contributed by atoms with van der Waals surface area (Å²) in [6, 6.07) is 0. The molecule has 2 atom stereocenters. The summed E-state index contributed by atoms with van der Waals surface area (Å²) in [7, 11) is -3.64. The van der Waals surface area contributed by atoms with Crippen LogP contribution in [0.5, 0.6) is 0 Å². The number of carbonyl (C=O) groups is 1. The van der Waals surface area contributed by atoms with Crippen LogP contribution >= 0.6 is 0 Å². The van der Waals surface area contributed by atoms with Gasteiger partial charge < -0.3 is 10.8 Å². The van der Waals surface area contributed by atoms with E-state index in [1.54, 1.807) is 13.8 Å². The fraction of sp³-hybridized carbons (Fsp3) is 0.889. The highest BCUT2D eigenvalue weighted by Gasteiger charge is 2.37. The van der Waals surface area contributed by atoms with E-state index in [0.717, 1.165) is 0 Å². The molecule has 0 aliphatic rings. The maximum absolute atomic E-state index is 11.9. The van der Waals surface area contributed by atoms with Gasteiger partial charge in [0, 0.05) is 0 Å². The highest BCUT2D eigenvalue weighted by Crippen LogP contribution is 2.19. The average molecular weight is 237 g/mol. The summed E-state index contributed by atoms with van der Waals surface area (Å²) in [5.74, 6) is -1.41. The third kappa shape index (κ3) is 3.46. The van der Waals surface area contributed by atoms with E-state index in [4.69, 9.17) is 10.8 Å². The summed E-state index contributed by atoms with van der Waals surface area (Å²) in [6.07, 6.45) is -0.0330. The minimum absolute atomic E-state index is 0.0330. The van der Waals surface area contributed by atoms with Crippen LogP contribution in [0.1, 0.15) is 27.2 Å². The van der Waals surface area contributed by atoms with Gasteiger partial charge in [0.05, 0.1) is 5.25 Å². The first-order chi connectivity index (χ1) is 6.75. The van der Waals surface area contributed by atoms with Gasteiger partial charge in [-0.05, 0) is 25.8 Å². The number of carboxylic acids is 1. The fourth-order valence-electron chi connectivity index (χ4n) is 1.22. The van der Waals surface area contributed by atoms with Crippen molar-refractivity contribution >= 4 is 15.8 Å². The first kappa shape index (κ1) is 14.4. The number of aliphatic carboxylic acids is 1. The van der Waals surface area contributed by atoms with Crippen LogP contribution in [0.2, 0.25) is 0 Å². The minimum Gasteiger partial charge on any atom is -0.480 e. The number of nitrogens with two attached hydrogens (primary N) is 1. The average Bonchev–Trinajstić information content (AvgIpc) is 2.11. The SMILES string of the molecule is CC(C)C(C)S(=O)(=O)C(CCN)C(=O)O. The molecule has 2 unspecified atom stereocenters. The van der Waals surface area contributed by atoms with Crippen LogP contribution in [0.15, 0.2) is 0 Å². The Bertz CT molecular complexity index is 310. The van der Waals surface area contributed by atoms with Gasteiger partial charge in [0.15, 0.2) is 15.1 Å². The quantitative estimate of drug-likeness (QED) is 0.690. The second-order valence-electron chi connectivity index (χ2n) is 3.94. The smallest absolute Gasteiger partial charge is 0.321 e. The molecule has 0 amide bonds. The highest BCUT2D eigenvalue weighted by molar-refractivity contribution is 7.93. The zero-order valence-corrected chi connectivity index (χ0v) is 10.1. The molecule has 90 valence electrons. The second kappa shape index (κ2) is 5.46. The van der Waals surface area contributed by atoms with Crippen molar-refractivity contribution in [1.82, 2.24) is 0 Å². The Kier molecular flexibility index (Phi) is 5.23. The van der Waals surface area contributed by atoms with Crippen molar-refractivity contribution in [3.05, 3.63) is 0 Å². The fourth-order valence-corrected chi connectivity index (χ4v) is 3.24. The molecule has 0 saturated carbocycles. The topological polar surface area (TPSA) is 97.5 Å². The van der Waals surface area contributed by atoms with Gasteiger partial charge in [0.2, 0.25) is 0 Å². The third-order valence-corrected chi connectivity index (χ3v) is 5.37. The maximum Gasteiger partial charge on any atom is 0.321 e. The van der Waals surface area contributed by atoms with Gasteiger partial charge in [-0.3, -0.25) is 4.79 Å². The monoisotopic (exact) mass is 237 g/mol. The molecule has 15 heavy (non-hydrogen) atoms. The lowest BCUT2D eigenvalue weighted by atomic mass is 10.2. The number of hydrogen-bond acceptors (Lipinski definition) is 4. The zero-order valence-electron chi connectivity index (χ0n) is 9.30. The molecule has 0 aromatic carbocycles. The molecule has 0 spiro atoms. The second-order valence-corrected chi connectivity index (χ2v) is 6.43. The summed E-state index contributed by atoms with van der Waals surface area (Å²) in [4.78, 5) is 10.8. The summed E-state index contributed by atoms with van der Waals surface area (Å²) in [5.41, 5.74) is 5.21. The molecular formula is C9H19NO4S. The van der Waals surface area contributed by atoms with Crippen molar-refractivity contribution in [3.8, 4) is 0 Å². The van der Waals surface area contributed by atoms with E-state index in [0.29, 0.717) is 0 Å². The van der Waals surface area contributed by atoms with Crippen molar-refractivity contribution < 1.29 is 18.3 Å². The molecule has 0 aliphatic heterocycles. The molecule has 5 nitrogen and oxygen atoms in total. The van der Waals surface area contributed by atoms with Crippen LogP contribution in [0.25, 0.3) is 0 Å². The van der Waals surface area contributed by atoms with E-state index < -0.39 is 26.3 Å². The normalized spacial score (nSPS) is 16.3. The molecule has 3 N–H and O–H groups in total. The minimum atomic E-state index is -3.64. The lowest BCUT2D eigenvalue weighted by Crippen LogP contribution is -2.39. The number of sulfone groups is 1. The van der Waals surface area contributed by atoms with Crippen LogP contribution in [-0.4, -0.2) is 36.5 Å². The Morgan fingerprint density at radius 3 is 2.07 bits per heavy atom. The van der Waals surface area contributed by atoms with E-state index in [1.165, 1.54) is 6.92 Å². The van der Waals surface area contributed by atoms with E-state index in [9.17, 15) is 13.2 Å². The maximum atomic E-state index is 11.9. The Labute approximate surface area is 90.6 Å². The number of carboxylic acid groups (broad SMARTS) is 1. The van der Waals surface area contributed by atoms with E-state index in [2.05, 4.69) is 0 Å². The molecule has 0 aromatic heterocycles. The van der Waals surface area contributed by atoms with Crippen molar-refractivity contribution in [2.24, 2.45) is 11.7 Å². The van der Waals surface area contributed by atoms with Gasteiger partial charge in [0.1, 0.15) is 0 Å². The van der Waals surface area contributed by atoms with Crippen molar-refractivity contribution in [2.75, 3.05) is 6.54 Å². The third-order valence-electron chi connectivity index (χ3n) is 2.56. The van der Waals surface area contributed by atoms with Gasteiger partial charge in [0.25, 0.3) is 0 Å². The molecule has 6 heteroatoms. The predicted octanol–water partition coefficient (Wildman–Crippen LogP) is 0.248. The molecule has 0 fully saturated rings. The van der Waals surface area contributed by atoms with Crippen LogP contribution in [0.3, 0.4) is 0 Å². The number of hydrogen-bond donors (Lipinski definition) is 2.